The number of alkyl halides is 2. The van der Waals surface area contributed by atoms with Crippen LogP contribution in [0.15, 0.2) is 24.3 Å². The third-order valence-corrected chi connectivity index (χ3v) is 2.99. The molecule has 0 aromatic heterocycles. The van der Waals surface area contributed by atoms with E-state index >= 15 is 0 Å². The molecule has 1 N–H and O–H groups in total. The molecule has 1 unspecified atom stereocenters. The molecule has 0 fully saturated rings. The SMILES string of the molecule is CCNC(CC)c1ccccc1N(C)CC(F)F. The van der Waals surface area contributed by atoms with Gasteiger partial charge in [0.1, 0.15) is 0 Å². The van der Waals surface area contributed by atoms with Crippen molar-refractivity contribution in [3.8, 4) is 0 Å². The lowest BCUT2D eigenvalue weighted by Gasteiger charge is -2.26. The van der Waals surface area contributed by atoms with Crippen LogP contribution in [0.25, 0.3) is 0 Å². The molecule has 1 aromatic carbocycles. The molecule has 0 aliphatic carbocycles. The van der Waals surface area contributed by atoms with Gasteiger partial charge < -0.3 is 10.2 Å². The normalized spacial score (nSPS) is 12.8. The molecule has 102 valence electrons. The molecule has 1 atom stereocenters. The molecule has 0 bridgehead atoms. The highest BCUT2D eigenvalue weighted by Crippen LogP contribution is 2.27. The first-order valence-electron chi connectivity index (χ1n) is 6.41. The highest BCUT2D eigenvalue weighted by molar-refractivity contribution is 5.54. The van der Waals surface area contributed by atoms with E-state index in [2.05, 4.69) is 12.2 Å². The van der Waals surface area contributed by atoms with Crippen LogP contribution in [0.3, 0.4) is 0 Å². The highest BCUT2D eigenvalue weighted by atomic mass is 19.3. The van der Waals surface area contributed by atoms with Gasteiger partial charge in [0.25, 0.3) is 6.43 Å². The van der Waals surface area contributed by atoms with Crippen molar-refractivity contribution in [2.24, 2.45) is 0 Å². The van der Waals surface area contributed by atoms with Crippen molar-refractivity contribution in [3.63, 3.8) is 0 Å². The van der Waals surface area contributed by atoms with Gasteiger partial charge in [0.2, 0.25) is 0 Å². The molecule has 2 nitrogen and oxygen atoms in total. The fraction of sp³-hybridized carbons (Fsp3) is 0.571. The first kappa shape index (κ1) is 14.9. The van der Waals surface area contributed by atoms with Gasteiger partial charge in [0, 0.05) is 18.8 Å². The summed E-state index contributed by atoms with van der Waals surface area (Å²) in [7, 11) is 1.71. The molecule has 0 aliphatic rings. The van der Waals surface area contributed by atoms with Gasteiger partial charge >= 0.3 is 0 Å². The van der Waals surface area contributed by atoms with Crippen LogP contribution in [0.2, 0.25) is 0 Å². The quantitative estimate of drug-likeness (QED) is 0.804. The summed E-state index contributed by atoms with van der Waals surface area (Å²) >= 11 is 0. The summed E-state index contributed by atoms with van der Waals surface area (Å²) in [4.78, 5) is 1.62. The van der Waals surface area contributed by atoms with E-state index in [0.717, 1.165) is 24.2 Å². The smallest absolute Gasteiger partial charge is 0.255 e. The predicted octanol–water partition coefficient (Wildman–Crippen LogP) is 3.45. The van der Waals surface area contributed by atoms with Crippen molar-refractivity contribution < 1.29 is 8.78 Å². The Balaban J connectivity index is 2.97. The van der Waals surface area contributed by atoms with Gasteiger partial charge in [0.15, 0.2) is 0 Å². The standard InChI is InChI=1S/C14H22F2N2/c1-4-12(17-5-2)11-8-6-7-9-13(11)18(3)10-14(15)16/h6-9,12,14,17H,4-5,10H2,1-3H3. The van der Waals surface area contributed by atoms with E-state index in [1.165, 1.54) is 0 Å². The molecule has 0 spiro atoms. The molecular weight excluding hydrogens is 234 g/mol. The van der Waals surface area contributed by atoms with E-state index in [9.17, 15) is 8.78 Å². The number of para-hydroxylation sites is 1. The summed E-state index contributed by atoms with van der Waals surface area (Å²) in [5.41, 5.74) is 1.97. The Bertz CT molecular complexity index is 355. The second-order valence-electron chi connectivity index (χ2n) is 4.35. The zero-order valence-corrected chi connectivity index (χ0v) is 11.3. The predicted molar refractivity (Wildman–Crippen MR) is 72.4 cm³/mol. The summed E-state index contributed by atoms with van der Waals surface area (Å²) in [6, 6.07) is 7.96. The number of halogens is 2. The maximum absolute atomic E-state index is 12.5. The average molecular weight is 256 g/mol. The van der Waals surface area contributed by atoms with E-state index in [1.807, 2.05) is 31.2 Å². The molecule has 0 amide bonds. The van der Waals surface area contributed by atoms with Gasteiger partial charge in [-0.1, -0.05) is 32.0 Å². The van der Waals surface area contributed by atoms with E-state index in [4.69, 9.17) is 0 Å². The van der Waals surface area contributed by atoms with Crippen LogP contribution < -0.4 is 10.2 Å². The number of hydrogen-bond acceptors (Lipinski definition) is 2. The van der Waals surface area contributed by atoms with E-state index < -0.39 is 6.43 Å². The summed E-state index contributed by atoms with van der Waals surface area (Å²) in [5, 5.41) is 3.38. The Morgan fingerprint density at radius 3 is 2.44 bits per heavy atom. The van der Waals surface area contributed by atoms with Crippen LogP contribution >= 0.6 is 0 Å². The number of benzene rings is 1. The molecule has 0 saturated heterocycles. The number of rotatable bonds is 7. The minimum Gasteiger partial charge on any atom is -0.369 e. The molecule has 4 heteroatoms. The lowest BCUT2D eigenvalue weighted by Crippen LogP contribution is -2.28. The van der Waals surface area contributed by atoms with Crippen LogP contribution in [0.1, 0.15) is 31.9 Å². The fourth-order valence-electron chi connectivity index (χ4n) is 2.16. The monoisotopic (exact) mass is 256 g/mol. The number of nitrogens with zero attached hydrogens (tertiary/aromatic N) is 1. The third kappa shape index (κ3) is 3.95. The maximum Gasteiger partial charge on any atom is 0.255 e. The Morgan fingerprint density at radius 2 is 1.89 bits per heavy atom. The van der Waals surface area contributed by atoms with Gasteiger partial charge in [-0.2, -0.15) is 0 Å². The van der Waals surface area contributed by atoms with Crippen LogP contribution in [-0.2, 0) is 0 Å². The van der Waals surface area contributed by atoms with Crippen molar-refractivity contribution in [1.82, 2.24) is 5.32 Å². The molecule has 0 heterocycles. The van der Waals surface area contributed by atoms with Gasteiger partial charge in [-0.25, -0.2) is 8.78 Å². The van der Waals surface area contributed by atoms with Crippen LogP contribution in [0.4, 0.5) is 14.5 Å². The Morgan fingerprint density at radius 1 is 1.22 bits per heavy atom. The first-order chi connectivity index (χ1) is 8.60. The van der Waals surface area contributed by atoms with Crippen molar-refractivity contribution in [1.29, 1.82) is 0 Å². The molecular formula is C14H22F2N2. The largest absolute Gasteiger partial charge is 0.369 e. The van der Waals surface area contributed by atoms with Gasteiger partial charge in [-0.05, 0) is 24.6 Å². The highest BCUT2D eigenvalue weighted by Gasteiger charge is 2.16. The van der Waals surface area contributed by atoms with E-state index in [0.29, 0.717) is 0 Å². The van der Waals surface area contributed by atoms with Crippen LogP contribution in [0.5, 0.6) is 0 Å². The average Bonchev–Trinajstić information content (AvgIpc) is 2.35. The van der Waals surface area contributed by atoms with Crippen molar-refractivity contribution in [3.05, 3.63) is 29.8 Å². The lowest BCUT2D eigenvalue weighted by atomic mass is 10.0. The van der Waals surface area contributed by atoms with Gasteiger partial charge in [-0.15, -0.1) is 0 Å². The maximum atomic E-state index is 12.5. The molecule has 1 aromatic rings. The summed E-state index contributed by atoms with van der Waals surface area (Å²) in [6.07, 6.45) is -1.38. The summed E-state index contributed by atoms with van der Waals surface area (Å²) in [6.45, 7) is 4.77. The third-order valence-electron chi connectivity index (χ3n) is 2.99. The Labute approximate surface area is 108 Å². The number of nitrogens with one attached hydrogen (secondary N) is 1. The van der Waals surface area contributed by atoms with E-state index in [1.54, 1.807) is 11.9 Å². The van der Waals surface area contributed by atoms with Crippen LogP contribution in [0, 0.1) is 0 Å². The topological polar surface area (TPSA) is 15.3 Å². The van der Waals surface area contributed by atoms with Gasteiger partial charge in [0.05, 0.1) is 6.54 Å². The van der Waals surface area contributed by atoms with E-state index in [-0.39, 0.29) is 12.6 Å². The second kappa shape index (κ2) is 7.31. The Kier molecular flexibility index (Phi) is 6.05. The number of anilines is 1. The first-order valence-corrected chi connectivity index (χ1v) is 6.41. The molecule has 18 heavy (non-hydrogen) atoms. The fourth-order valence-corrected chi connectivity index (χ4v) is 2.16. The second-order valence-corrected chi connectivity index (χ2v) is 4.35. The van der Waals surface area contributed by atoms with Crippen molar-refractivity contribution in [2.75, 3.05) is 25.0 Å². The molecule has 0 saturated carbocycles. The molecule has 0 radical (unpaired) electrons. The molecule has 1 rings (SSSR count). The lowest BCUT2D eigenvalue weighted by molar-refractivity contribution is 0.156. The van der Waals surface area contributed by atoms with Gasteiger partial charge in [-0.3, -0.25) is 0 Å². The zero-order valence-electron chi connectivity index (χ0n) is 11.3. The summed E-state index contributed by atoms with van der Waals surface area (Å²) < 4.78 is 25.0. The number of hydrogen-bond donors (Lipinski definition) is 1. The Hall–Kier alpha value is -1.16. The summed E-state index contributed by atoms with van der Waals surface area (Å²) in [5.74, 6) is 0. The van der Waals surface area contributed by atoms with Crippen molar-refractivity contribution >= 4 is 5.69 Å². The molecule has 0 aliphatic heterocycles. The minimum atomic E-state index is -2.32. The zero-order chi connectivity index (χ0) is 13.5. The van der Waals surface area contributed by atoms with Crippen molar-refractivity contribution in [2.45, 2.75) is 32.7 Å². The minimum absolute atomic E-state index is 0.214. The van der Waals surface area contributed by atoms with Crippen LogP contribution in [-0.4, -0.2) is 26.6 Å².